The molecule has 2 rings (SSSR count). The number of ether oxygens (including phenoxy) is 2. The number of carbonyl (C=O) groups is 1. The Hall–Kier alpha value is -1.72. The van der Waals surface area contributed by atoms with E-state index in [2.05, 4.69) is 11.4 Å². The average molecular weight is 354 g/mol. The van der Waals surface area contributed by atoms with Gasteiger partial charge in [0.2, 0.25) is 0 Å². The molecule has 23 heavy (non-hydrogen) atoms. The Kier molecular flexibility index (Phi) is 6.74. The Morgan fingerprint density at radius 3 is 2.87 bits per heavy atom. The van der Waals surface area contributed by atoms with Gasteiger partial charge in [0.15, 0.2) is 11.5 Å². The summed E-state index contributed by atoms with van der Waals surface area (Å²) in [5.74, 6) is 0.768. The van der Waals surface area contributed by atoms with Gasteiger partial charge in [-0.1, -0.05) is 24.6 Å². The number of benzene rings is 1. The summed E-state index contributed by atoms with van der Waals surface area (Å²) in [5, 5.41) is 5.29. The Bertz CT molecular complexity index is 644. The van der Waals surface area contributed by atoms with Crippen LogP contribution in [0.15, 0.2) is 29.6 Å². The predicted octanol–water partition coefficient (Wildman–Crippen LogP) is 4.17. The molecule has 0 saturated carbocycles. The molecule has 1 aromatic carbocycles. The van der Waals surface area contributed by atoms with Crippen molar-refractivity contribution >= 4 is 28.8 Å². The van der Waals surface area contributed by atoms with Gasteiger partial charge < -0.3 is 14.8 Å². The molecule has 0 aliphatic rings. The lowest BCUT2D eigenvalue weighted by Crippen LogP contribution is -2.25. The number of amides is 1. The summed E-state index contributed by atoms with van der Waals surface area (Å²) in [7, 11) is 1.53. The molecule has 124 valence electrons. The van der Waals surface area contributed by atoms with E-state index in [1.807, 2.05) is 18.4 Å². The van der Waals surface area contributed by atoms with Gasteiger partial charge in [-0.2, -0.15) is 0 Å². The molecule has 0 radical (unpaired) electrons. The van der Waals surface area contributed by atoms with Crippen LogP contribution in [-0.2, 0) is 6.42 Å². The second kappa shape index (κ2) is 8.79. The molecule has 0 bridgehead atoms. The Morgan fingerprint density at radius 2 is 2.22 bits per heavy atom. The van der Waals surface area contributed by atoms with E-state index in [1.54, 1.807) is 23.5 Å². The summed E-state index contributed by atoms with van der Waals surface area (Å²) in [4.78, 5) is 13.5. The Balaban J connectivity index is 2.03. The quantitative estimate of drug-likeness (QED) is 0.774. The number of hydrogen-bond acceptors (Lipinski definition) is 4. The number of carbonyl (C=O) groups excluding carboxylic acids is 1. The van der Waals surface area contributed by atoms with Crippen LogP contribution in [-0.4, -0.2) is 26.2 Å². The molecule has 0 aliphatic heterocycles. The highest BCUT2D eigenvalue weighted by molar-refractivity contribution is 7.09. The number of methoxy groups -OCH3 is 1. The van der Waals surface area contributed by atoms with Crippen LogP contribution < -0.4 is 14.8 Å². The van der Waals surface area contributed by atoms with Crippen LogP contribution in [0, 0.1) is 0 Å². The van der Waals surface area contributed by atoms with Gasteiger partial charge >= 0.3 is 0 Å². The van der Waals surface area contributed by atoms with Gasteiger partial charge in [-0.05, 0) is 36.4 Å². The van der Waals surface area contributed by atoms with E-state index in [0.29, 0.717) is 35.2 Å². The molecule has 0 saturated heterocycles. The molecular weight excluding hydrogens is 334 g/mol. The molecule has 0 aliphatic carbocycles. The zero-order valence-electron chi connectivity index (χ0n) is 13.2. The first-order valence-electron chi connectivity index (χ1n) is 7.46. The fourth-order valence-electron chi connectivity index (χ4n) is 2.05. The van der Waals surface area contributed by atoms with E-state index >= 15 is 0 Å². The zero-order chi connectivity index (χ0) is 16.7. The van der Waals surface area contributed by atoms with E-state index in [4.69, 9.17) is 21.1 Å². The fourth-order valence-corrected chi connectivity index (χ4v) is 3.03. The molecular formula is C17H20ClNO3S. The summed E-state index contributed by atoms with van der Waals surface area (Å²) in [6.45, 7) is 3.13. The topological polar surface area (TPSA) is 47.6 Å². The van der Waals surface area contributed by atoms with Gasteiger partial charge in [-0.3, -0.25) is 4.79 Å². The summed E-state index contributed by atoms with van der Waals surface area (Å²) in [6, 6.07) is 7.31. The number of hydrogen-bond donors (Lipinski definition) is 1. The smallest absolute Gasteiger partial charge is 0.251 e. The first kappa shape index (κ1) is 17.6. The summed E-state index contributed by atoms with van der Waals surface area (Å²) in [6.07, 6.45) is 1.68. The SMILES string of the molecule is CCCOc1c(Cl)cc(C(=O)NCCc2cccs2)cc1OC. The first-order valence-corrected chi connectivity index (χ1v) is 8.72. The van der Waals surface area contributed by atoms with Crippen LogP contribution in [0.5, 0.6) is 11.5 Å². The number of halogens is 1. The van der Waals surface area contributed by atoms with Crippen molar-refractivity contribution in [1.29, 1.82) is 0 Å². The van der Waals surface area contributed by atoms with Crippen LogP contribution in [0.4, 0.5) is 0 Å². The van der Waals surface area contributed by atoms with Gasteiger partial charge in [0.05, 0.1) is 18.7 Å². The van der Waals surface area contributed by atoms with Crippen molar-refractivity contribution in [3.05, 3.63) is 45.1 Å². The average Bonchev–Trinajstić information content (AvgIpc) is 3.06. The number of thiophene rings is 1. The van der Waals surface area contributed by atoms with Crippen molar-refractivity contribution in [3.63, 3.8) is 0 Å². The van der Waals surface area contributed by atoms with Crippen molar-refractivity contribution in [2.45, 2.75) is 19.8 Å². The summed E-state index contributed by atoms with van der Waals surface area (Å²) < 4.78 is 10.9. The molecule has 1 amide bonds. The van der Waals surface area contributed by atoms with Gasteiger partial charge in [-0.15, -0.1) is 11.3 Å². The summed E-state index contributed by atoms with van der Waals surface area (Å²) >= 11 is 7.90. The maximum absolute atomic E-state index is 12.3. The second-order valence-electron chi connectivity index (χ2n) is 4.92. The van der Waals surface area contributed by atoms with Crippen molar-refractivity contribution in [2.24, 2.45) is 0 Å². The predicted molar refractivity (Wildman–Crippen MR) is 94.1 cm³/mol. The van der Waals surface area contributed by atoms with Gasteiger partial charge in [0.25, 0.3) is 5.91 Å². The van der Waals surface area contributed by atoms with E-state index in [0.717, 1.165) is 12.8 Å². The van der Waals surface area contributed by atoms with Crippen molar-refractivity contribution < 1.29 is 14.3 Å². The minimum absolute atomic E-state index is 0.177. The van der Waals surface area contributed by atoms with Crippen LogP contribution in [0.3, 0.4) is 0 Å². The molecule has 1 N–H and O–H groups in total. The molecule has 2 aromatic rings. The molecule has 0 fully saturated rings. The van der Waals surface area contributed by atoms with Crippen LogP contribution in [0.25, 0.3) is 0 Å². The van der Waals surface area contributed by atoms with E-state index in [9.17, 15) is 4.79 Å². The third kappa shape index (κ3) is 4.88. The highest BCUT2D eigenvalue weighted by Gasteiger charge is 2.15. The van der Waals surface area contributed by atoms with E-state index < -0.39 is 0 Å². The molecule has 0 unspecified atom stereocenters. The highest BCUT2D eigenvalue weighted by atomic mass is 35.5. The number of rotatable bonds is 8. The minimum Gasteiger partial charge on any atom is -0.493 e. The van der Waals surface area contributed by atoms with Crippen molar-refractivity contribution in [2.75, 3.05) is 20.3 Å². The highest BCUT2D eigenvalue weighted by Crippen LogP contribution is 2.36. The molecule has 4 nitrogen and oxygen atoms in total. The summed E-state index contributed by atoms with van der Waals surface area (Å²) in [5.41, 5.74) is 0.460. The largest absolute Gasteiger partial charge is 0.493 e. The van der Waals surface area contributed by atoms with E-state index in [1.165, 1.54) is 12.0 Å². The molecule has 1 aromatic heterocycles. The van der Waals surface area contributed by atoms with Crippen molar-refractivity contribution in [1.82, 2.24) is 5.32 Å². The number of nitrogens with one attached hydrogen (secondary N) is 1. The van der Waals surface area contributed by atoms with Crippen LogP contribution >= 0.6 is 22.9 Å². The fraction of sp³-hybridized carbons (Fsp3) is 0.353. The molecule has 0 atom stereocenters. The maximum atomic E-state index is 12.3. The van der Waals surface area contributed by atoms with Crippen LogP contribution in [0.1, 0.15) is 28.6 Å². The maximum Gasteiger partial charge on any atom is 0.251 e. The Morgan fingerprint density at radius 1 is 1.39 bits per heavy atom. The molecule has 1 heterocycles. The lowest BCUT2D eigenvalue weighted by atomic mass is 10.2. The second-order valence-corrected chi connectivity index (χ2v) is 6.36. The van der Waals surface area contributed by atoms with Gasteiger partial charge in [0.1, 0.15) is 0 Å². The van der Waals surface area contributed by atoms with Gasteiger partial charge in [-0.25, -0.2) is 0 Å². The Labute approximate surface area is 145 Å². The van der Waals surface area contributed by atoms with Crippen molar-refractivity contribution in [3.8, 4) is 11.5 Å². The minimum atomic E-state index is -0.177. The zero-order valence-corrected chi connectivity index (χ0v) is 14.8. The van der Waals surface area contributed by atoms with Gasteiger partial charge in [0, 0.05) is 17.0 Å². The lowest BCUT2D eigenvalue weighted by molar-refractivity contribution is 0.0954. The first-order chi connectivity index (χ1) is 11.2. The molecule has 0 spiro atoms. The monoisotopic (exact) mass is 353 g/mol. The lowest BCUT2D eigenvalue weighted by Gasteiger charge is -2.13. The third-order valence-electron chi connectivity index (χ3n) is 3.18. The third-order valence-corrected chi connectivity index (χ3v) is 4.40. The van der Waals surface area contributed by atoms with E-state index in [-0.39, 0.29) is 5.91 Å². The standard InChI is InChI=1S/C17H20ClNO3S/c1-3-8-22-16-14(18)10-12(11-15(16)21-2)17(20)19-7-6-13-5-4-9-23-13/h4-5,9-11H,3,6-8H2,1-2H3,(H,19,20). The normalized spacial score (nSPS) is 10.4. The molecule has 6 heteroatoms. The van der Waals surface area contributed by atoms with Crippen LogP contribution in [0.2, 0.25) is 5.02 Å².